The Morgan fingerprint density at radius 1 is 1.56 bits per heavy atom. The number of likely N-dealkylation sites (tertiary alicyclic amines) is 1. The van der Waals surface area contributed by atoms with Crippen molar-refractivity contribution in [3.05, 3.63) is 33.8 Å². The molecule has 3 nitrogen and oxygen atoms in total. The Kier molecular flexibility index (Phi) is 4.07. The van der Waals surface area contributed by atoms with Crippen molar-refractivity contribution in [2.24, 2.45) is 11.7 Å². The van der Waals surface area contributed by atoms with Gasteiger partial charge < -0.3 is 10.6 Å². The molecule has 0 radical (unpaired) electrons. The van der Waals surface area contributed by atoms with Crippen LogP contribution in [-0.2, 0) is 0 Å². The van der Waals surface area contributed by atoms with Crippen LogP contribution in [0.2, 0.25) is 0 Å². The van der Waals surface area contributed by atoms with E-state index in [-0.39, 0.29) is 11.9 Å². The number of rotatable bonds is 2. The van der Waals surface area contributed by atoms with E-state index in [0.717, 1.165) is 35.1 Å². The molecule has 4 heteroatoms. The minimum Gasteiger partial charge on any atom is -0.338 e. The number of nitrogens with two attached hydrogens (primary N) is 1. The van der Waals surface area contributed by atoms with E-state index in [2.05, 4.69) is 15.9 Å². The van der Waals surface area contributed by atoms with Crippen molar-refractivity contribution in [3.8, 4) is 0 Å². The summed E-state index contributed by atoms with van der Waals surface area (Å²) in [6, 6.07) is 5.92. The highest BCUT2D eigenvalue weighted by atomic mass is 79.9. The van der Waals surface area contributed by atoms with Crippen LogP contribution in [0.25, 0.3) is 0 Å². The number of aryl methyl sites for hydroxylation is 1. The molecule has 2 unspecified atom stereocenters. The molecule has 1 saturated heterocycles. The summed E-state index contributed by atoms with van der Waals surface area (Å²) in [5.41, 5.74) is 7.79. The van der Waals surface area contributed by atoms with Gasteiger partial charge in [0, 0.05) is 29.2 Å². The third-order valence-corrected chi connectivity index (χ3v) is 4.53. The van der Waals surface area contributed by atoms with E-state index in [9.17, 15) is 4.79 Å². The van der Waals surface area contributed by atoms with Gasteiger partial charge in [-0.1, -0.05) is 22.0 Å². The molecule has 2 atom stereocenters. The predicted octanol–water partition coefficient (Wildman–Crippen LogP) is 2.57. The monoisotopic (exact) mass is 310 g/mol. The average molecular weight is 311 g/mol. The smallest absolute Gasteiger partial charge is 0.253 e. The first-order valence-electron chi connectivity index (χ1n) is 6.30. The van der Waals surface area contributed by atoms with Gasteiger partial charge in [-0.25, -0.2) is 0 Å². The SMILES string of the molecule is Cc1ccc(C(=O)N2CCC(C(C)N)C2)cc1Br. The lowest BCUT2D eigenvalue weighted by Crippen LogP contribution is -2.33. The first kappa shape index (κ1) is 13.6. The molecule has 2 rings (SSSR count). The molecule has 1 fully saturated rings. The Hall–Kier alpha value is -0.870. The summed E-state index contributed by atoms with van der Waals surface area (Å²) in [4.78, 5) is 14.3. The van der Waals surface area contributed by atoms with E-state index in [0.29, 0.717) is 5.92 Å². The summed E-state index contributed by atoms with van der Waals surface area (Å²) in [6.07, 6.45) is 1.01. The normalized spacial score (nSPS) is 21.1. The Balaban J connectivity index is 2.10. The van der Waals surface area contributed by atoms with Gasteiger partial charge in [0.05, 0.1) is 0 Å². The molecule has 98 valence electrons. The van der Waals surface area contributed by atoms with E-state index in [1.54, 1.807) is 0 Å². The van der Waals surface area contributed by atoms with Crippen LogP contribution < -0.4 is 5.73 Å². The Morgan fingerprint density at radius 2 is 2.28 bits per heavy atom. The lowest BCUT2D eigenvalue weighted by molar-refractivity contribution is 0.0786. The minimum absolute atomic E-state index is 0.110. The maximum Gasteiger partial charge on any atom is 0.253 e. The maximum absolute atomic E-state index is 12.3. The zero-order valence-corrected chi connectivity index (χ0v) is 12.4. The number of carbonyl (C=O) groups is 1. The topological polar surface area (TPSA) is 46.3 Å². The molecule has 0 bridgehead atoms. The van der Waals surface area contributed by atoms with Crippen LogP contribution in [0.5, 0.6) is 0 Å². The summed E-state index contributed by atoms with van der Waals surface area (Å²) in [5, 5.41) is 0. The quantitative estimate of drug-likeness (QED) is 0.912. The molecular formula is C14H19BrN2O. The fourth-order valence-electron chi connectivity index (χ4n) is 2.31. The Bertz CT molecular complexity index is 459. The second-order valence-corrected chi connectivity index (χ2v) is 5.98. The molecule has 1 aromatic rings. The van der Waals surface area contributed by atoms with Crippen LogP contribution in [0.15, 0.2) is 22.7 Å². The number of hydrogen-bond donors (Lipinski definition) is 1. The zero-order chi connectivity index (χ0) is 13.3. The lowest BCUT2D eigenvalue weighted by Gasteiger charge is -2.18. The molecule has 1 amide bonds. The molecule has 0 aliphatic carbocycles. The standard InChI is InChI=1S/C14H19BrN2O/c1-9-3-4-11(7-13(9)15)14(18)17-6-5-12(8-17)10(2)16/h3-4,7,10,12H,5-6,8,16H2,1-2H3. The zero-order valence-electron chi connectivity index (χ0n) is 10.8. The highest BCUT2D eigenvalue weighted by Gasteiger charge is 2.28. The molecule has 1 aliphatic rings. The number of amides is 1. The van der Waals surface area contributed by atoms with E-state index >= 15 is 0 Å². The molecule has 18 heavy (non-hydrogen) atoms. The van der Waals surface area contributed by atoms with Crippen molar-refractivity contribution >= 4 is 21.8 Å². The number of hydrogen-bond acceptors (Lipinski definition) is 2. The number of nitrogens with zero attached hydrogens (tertiary/aromatic N) is 1. The van der Waals surface area contributed by atoms with Crippen molar-refractivity contribution in [2.75, 3.05) is 13.1 Å². The summed E-state index contributed by atoms with van der Waals surface area (Å²) in [7, 11) is 0. The van der Waals surface area contributed by atoms with Gasteiger partial charge in [0.15, 0.2) is 0 Å². The fourth-order valence-corrected chi connectivity index (χ4v) is 2.69. The van der Waals surface area contributed by atoms with Crippen molar-refractivity contribution < 1.29 is 4.79 Å². The fraction of sp³-hybridized carbons (Fsp3) is 0.500. The Labute approximate surface area is 116 Å². The van der Waals surface area contributed by atoms with E-state index in [1.165, 1.54) is 0 Å². The average Bonchev–Trinajstić information content (AvgIpc) is 2.81. The summed E-state index contributed by atoms with van der Waals surface area (Å²) >= 11 is 3.47. The summed E-state index contributed by atoms with van der Waals surface area (Å²) in [5.74, 6) is 0.543. The number of carbonyl (C=O) groups excluding carboxylic acids is 1. The van der Waals surface area contributed by atoms with Crippen molar-refractivity contribution in [1.82, 2.24) is 4.90 Å². The van der Waals surface area contributed by atoms with E-state index in [1.807, 2.05) is 36.9 Å². The third-order valence-electron chi connectivity index (χ3n) is 3.67. The number of halogens is 1. The van der Waals surface area contributed by atoms with Gasteiger partial charge in [-0.15, -0.1) is 0 Å². The minimum atomic E-state index is 0.110. The van der Waals surface area contributed by atoms with Gasteiger partial charge >= 0.3 is 0 Å². The maximum atomic E-state index is 12.3. The van der Waals surface area contributed by atoms with Gasteiger partial charge in [-0.3, -0.25) is 4.79 Å². The second-order valence-electron chi connectivity index (χ2n) is 5.12. The predicted molar refractivity (Wildman–Crippen MR) is 76.5 cm³/mol. The highest BCUT2D eigenvalue weighted by molar-refractivity contribution is 9.10. The molecule has 0 saturated carbocycles. The van der Waals surface area contributed by atoms with Crippen LogP contribution in [0.4, 0.5) is 0 Å². The molecular weight excluding hydrogens is 292 g/mol. The van der Waals surface area contributed by atoms with Crippen LogP contribution in [0.3, 0.4) is 0 Å². The number of benzene rings is 1. The van der Waals surface area contributed by atoms with Crippen LogP contribution in [-0.4, -0.2) is 29.9 Å². The van der Waals surface area contributed by atoms with E-state index in [4.69, 9.17) is 5.73 Å². The molecule has 1 aromatic carbocycles. The van der Waals surface area contributed by atoms with Gasteiger partial charge in [0.1, 0.15) is 0 Å². The third kappa shape index (κ3) is 2.75. The van der Waals surface area contributed by atoms with Gasteiger partial charge in [-0.05, 0) is 43.9 Å². The van der Waals surface area contributed by atoms with Crippen molar-refractivity contribution in [2.45, 2.75) is 26.3 Å². The lowest BCUT2D eigenvalue weighted by atomic mass is 10.0. The molecule has 1 heterocycles. The molecule has 1 aliphatic heterocycles. The van der Waals surface area contributed by atoms with Crippen LogP contribution >= 0.6 is 15.9 Å². The van der Waals surface area contributed by atoms with Crippen LogP contribution in [0.1, 0.15) is 29.3 Å². The second kappa shape index (κ2) is 5.41. The van der Waals surface area contributed by atoms with Gasteiger partial charge in [0.2, 0.25) is 0 Å². The highest BCUT2D eigenvalue weighted by Crippen LogP contribution is 2.23. The van der Waals surface area contributed by atoms with Gasteiger partial charge in [-0.2, -0.15) is 0 Å². The first-order valence-corrected chi connectivity index (χ1v) is 7.09. The molecule has 2 N–H and O–H groups in total. The summed E-state index contributed by atoms with van der Waals surface area (Å²) < 4.78 is 0.983. The van der Waals surface area contributed by atoms with Gasteiger partial charge in [0.25, 0.3) is 5.91 Å². The Morgan fingerprint density at radius 3 is 2.83 bits per heavy atom. The van der Waals surface area contributed by atoms with Crippen molar-refractivity contribution in [1.29, 1.82) is 0 Å². The van der Waals surface area contributed by atoms with Crippen molar-refractivity contribution in [3.63, 3.8) is 0 Å². The molecule has 0 aromatic heterocycles. The largest absolute Gasteiger partial charge is 0.338 e. The summed E-state index contributed by atoms with van der Waals surface area (Å²) in [6.45, 7) is 5.62. The molecule has 0 spiro atoms. The van der Waals surface area contributed by atoms with E-state index < -0.39 is 0 Å². The first-order chi connectivity index (χ1) is 8.49. The van der Waals surface area contributed by atoms with Crippen LogP contribution in [0, 0.1) is 12.8 Å².